The van der Waals surface area contributed by atoms with E-state index >= 15 is 0 Å². The first-order valence-corrected chi connectivity index (χ1v) is 5.41. The molecule has 80 valence electrons. The Bertz CT molecular complexity index is 395. The van der Waals surface area contributed by atoms with Crippen molar-refractivity contribution in [1.29, 1.82) is 0 Å². The zero-order valence-electron chi connectivity index (χ0n) is 7.88. The Morgan fingerprint density at radius 1 is 1.60 bits per heavy atom. The minimum absolute atomic E-state index is 0.0688. The van der Waals surface area contributed by atoms with Gasteiger partial charge in [0.15, 0.2) is 4.90 Å². The molecule has 0 saturated heterocycles. The average Bonchev–Trinajstić information content (AvgIpc) is 2.18. The molecule has 15 heavy (non-hydrogen) atoms. The van der Waals surface area contributed by atoms with E-state index in [1.165, 1.54) is 24.3 Å². The van der Waals surface area contributed by atoms with E-state index in [0.717, 1.165) is 0 Å². The molecule has 6 heteroatoms. The van der Waals surface area contributed by atoms with Crippen molar-refractivity contribution in [3.05, 3.63) is 41.0 Å². The van der Waals surface area contributed by atoms with Crippen LogP contribution in [0.15, 0.2) is 35.7 Å². The van der Waals surface area contributed by atoms with E-state index in [-0.39, 0.29) is 17.1 Å². The Hall–Kier alpha value is -1.53. The van der Waals surface area contributed by atoms with Gasteiger partial charge >= 0.3 is 0 Å². The van der Waals surface area contributed by atoms with E-state index in [9.17, 15) is 14.7 Å². The zero-order valence-corrected chi connectivity index (χ0v) is 8.70. The number of nitro groups is 1. The fraction of sp³-hybridized carbons (Fsp3) is 0.111. The lowest BCUT2D eigenvalue weighted by atomic mass is 10.3. The molecule has 0 amide bonds. The highest BCUT2D eigenvalue weighted by molar-refractivity contribution is 7.91. The maximum Gasteiger partial charge on any atom is 0.297 e. The first kappa shape index (κ1) is 11.5. The normalized spacial score (nSPS) is 12.1. The van der Waals surface area contributed by atoms with Crippen molar-refractivity contribution < 1.29 is 9.48 Å². The Balaban J connectivity index is 3.06. The van der Waals surface area contributed by atoms with E-state index in [4.69, 9.17) is 5.73 Å². The number of benzene rings is 1. The summed E-state index contributed by atoms with van der Waals surface area (Å²) in [5.74, 6) is 0.265. The standard InChI is InChI=1S/C9H10N2O3S/c1-2-5-15(14)7-3-4-8(10)9(6-7)11(12)13/h2-4,6H,1,5,10H2. The third kappa shape index (κ3) is 2.71. The molecule has 5 nitrogen and oxygen atoms in total. The van der Waals surface area contributed by atoms with Crippen LogP contribution in [0.2, 0.25) is 0 Å². The zero-order chi connectivity index (χ0) is 11.4. The van der Waals surface area contributed by atoms with Gasteiger partial charge in [0.05, 0.1) is 11.0 Å². The number of nitro benzene ring substituents is 1. The summed E-state index contributed by atoms with van der Waals surface area (Å²) in [6, 6.07) is 4.13. The van der Waals surface area contributed by atoms with Gasteiger partial charge in [-0.15, -0.1) is 0 Å². The molecule has 1 rings (SSSR count). The topological polar surface area (TPSA) is 92.2 Å². The Morgan fingerprint density at radius 2 is 2.27 bits per heavy atom. The second-order valence-corrected chi connectivity index (χ2v) is 4.27. The smallest absolute Gasteiger partial charge is 0.297 e. The van der Waals surface area contributed by atoms with Gasteiger partial charge in [-0.3, -0.25) is 10.1 Å². The molecule has 0 saturated carbocycles. The molecule has 0 aromatic heterocycles. The molecule has 0 heterocycles. The number of hydrogen-bond acceptors (Lipinski definition) is 4. The summed E-state index contributed by atoms with van der Waals surface area (Å²) in [5.41, 5.74) is 5.25. The molecule has 0 fully saturated rings. The van der Waals surface area contributed by atoms with Crippen LogP contribution >= 0.6 is 0 Å². The molecule has 1 aromatic carbocycles. The molecule has 0 aliphatic carbocycles. The maximum absolute atomic E-state index is 11.5. The van der Waals surface area contributed by atoms with Crippen molar-refractivity contribution in [2.75, 3.05) is 11.5 Å². The highest BCUT2D eigenvalue weighted by Gasteiger charge is 2.17. The summed E-state index contributed by atoms with van der Waals surface area (Å²) in [5, 5.41) is 10.6. The number of hydrogen-bond donors (Lipinski definition) is 1. The van der Waals surface area contributed by atoms with Gasteiger partial charge in [0.1, 0.15) is 11.4 Å². The summed E-state index contributed by atoms with van der Waals surface area (Å²) >= 11 is -1.30. The van der Waals surface area contributed by atoms with E-state index in [2.05, 4.69) is 6.58 Å². The number of nitrogens with zero attached hydrogens (tertiary/aromatic N) is 1. The second kappa shape index (κ2) is 4.81. The van der Waals surface area contributed by atoms with Gasteiger partial charge in [0, 0.05) is 0 Å². The van der Waals surface area contributed by atoms with Gasteiger partial charge in [-0.25, -0.2) is 0 Å². The van der Waals surface area contributed by atoms with Crippen LogP contribution in [0.25, 0.3) is 0 Å². The van der Waals surface area contributed by atoms with Crippen LogP contribution in [0.1, 0.15) is 0 Å². The van der Waals surface area contributed by atoms with E-state index in [0.29, 0.717) is 4.90 Å². The summed E-state index contributed by atoms with van der Waals surface area (Å²) in [6.07, 6.45) is 1.50. The van der Waals surface area contributed by atoms with Gasteiger partial charge in [-0.1, -0.05) is 6.58 Å². The lowest BCUT2D eigenvalue weighted by Crippen LogP contribution is -2.06. The number of rotatable bonds is 4. The van der Waals surface area contributed by atoms with E-state index in [1.54, 1.807) is 0 Å². The molecule has 2 N–H and O–H groups in total. The number of nitrogens with two attached hydrogens (primary N) is 1. The quantitative estimate of drug-likeness (QED) is 0.276. The van der Waals surface area contributed by atoms with Crippen molar-refractivity contribution in [3.63, 3.8) is 0 Å². The van der Waals surface area contributed by atoms with E-state index in [1.807, 2.05) is 0 Å². The molecule has 0 bridgehead atoms. The Kier molecular flexibility index (Phi) is 3.70. The first-order chi connectivity index (χ1) is 7.06. The largest absolute Gasteiger partial charge is 0.611 e. The first-order valence-electron chi connectivity index (χ1n) is 4.09. The van der Waals surface area contributed by atoms with Gasteiger partial charge in [-0.05, 0) is 29.4 Å². The molecule has 1 aromatic rings. The Labute approximate surface area is 89.9 Å². The van der Waals surface area contributed by atoms with Crippen molar-refractivity contribution >= 4 is 22.6 Å². The van der Waals surface area contributed by atoms with Crippen LogP contribution in [0.5, 0.6) is 0 Å². The van der Waals surface area contributed by atoms with Crippen LogP contribution in [-0.2, 0) is 11.2 Å². The predicted molar refractivity (Wildman–Crippen MR) is 59.0 cm³/mol. The number of anilines is 1. The van der Waals surface area contributed by atoms with Gasteiger partial charge < -0.3 is 10.3 Å². The molecular formula is C9H10N2O3S. The lowest BCUT2D eigenvalue weighted by Gasteiger charge is -2.07. The molecular weight excluding hydrogens is 216 g/mol. The van der Waals surface area contributed by atoms with Crippen LogP contribution < -0.4 is 5.73 Å². The summed E-state index contributed by atoms with van der Waals surface area (Å²) < 4.78 is 11.5. The minimum atomic E-state index is -1.30. The van der Waals surface area contributed by atoms with E-state index < -0.39 is 16.1 Å². The third-order valence-electron chi connectivity index (χ3n) is 1.73. The van der Waals surface area contributed by atoms with Gasteiger partial charge in [-0.2, -0.15) is 0 Å². The fourth-order valence-electron chi connectivity index (χ4n) is 1.03. The predicted octanol–water partition coefficient (Wildman–Crippen LogP) is 1.47. The van der Waals surface area contributed by atoms with Crippen LogP contribution in [0.4, 0.5) is 11.4 Å². The van der Waals surface area contributed by atoms with Crippen LogP contribution in [-0.4, -0.2) is 15.2 Å². The molecule has 0 aliphatic rings. The lowest BCUT2D eigenvalue weighted by molar-refractivity contribution is -0.384. The highest BCUT2D eigenvalue weighted by Crippen LogP contribution is 2.25. The molecule has 0 aliphatic heterocycles. The molecule has 1 atom stereocenters. The van der Waals surface area contributed by atoms with Crippen molar-refractivity contribution in [2.24, 2.45) is 0 Å². The fourth-order valence-corrected chi connectivity index (χ4v) is 1.90. The average molecular weight is 226 g/mol. The molecule has 1 unspecified atom stereocenters. The van der Waals surface area contributed by atoms with Crippen LogP contribution in [0.3, 0.4) is 0 Å². The SMILES string of the molecule is C=CC[S+]([O-])c1ccc(N)c([N+](=O)[O-])c1. The van der Waals surface area contributed by atoms with Crippen molar-refractivity contribution in [2.45, 2.75) is 4.90 Å². The van der Waals surface area contributed by atoms with Crippen molar-refractivity contribution in [1.82, 2.24) is 0 Å². The monoisotopic (exact) mass is 226 g/mol. The highest BCUT2D eigenvalue weighted by atomic mass is 32.2. The third-order valence-corrected chi connectivity index (χ3v) is 3.05. The molecule has 0 radical (unpaired) electrons. The van der Waals surface area contributed by atoms with Crippen LogP contribution in [0, 0.1) is 10.1 Å². The number of nitrogen functional groups attached to an aromatic ring is 1. The summed E-state index contributed by atoms with van der Waals surface area (Å²) in [7, 11) is 0. The second-order valence-electron chi connectivity index (χ2n) is 2.78. The van der Waals surface area contributed by atoms with Gasteiger partial charge in [0.25, 0.3) is 5.69 Å². The molecule has 0 spiro atoms. The Morgan fingerprint density at radius 3 is 2.80 bits per heavy atom. The minimum Gasteiger partial charge on any atom is -0.611 e. The van der Waals surface area contributed by atoms with Gasteiger partial charge in [0.2, 0.25) is 0 Å². The summed E-state index contributed by atoms with van der Waals surface area (Å²) in [6.45, 7) is 3.45. The summed E-state index contributed by atoms with van der Waals surface area (Å²) in [4.78, 5) is 10.4. The maximum atomic E-state index is 11.5. The van der Waals surface area contributed by atoms with Crippen molar-refractivity contribution in [3.8, 4) is 0 Å².